The van der Waals surface area contributed by atoms with Crippen LogP contribution in [0.5, 0.6) is 0 Å². The molecule has 0 bridgehead atoms. The molecule has 1 amide bonds. The Hall–Kier alpha value is -2.33. The van der Waals surface area contributed by atoms with Crippen molar-refractivity contribution >= 4 is 17.2 Å². The maximum atomic E-state index is 12.2. The molecule has 20 heavy (non-hydrogen) atoms. The third-order valence-corrected chi connectivity index (χ3v) is 3.92. The summed E-state index contributed by atoms with van der Waals surface area (Å²) in [6.45, 7) is 0. The molecule has 0 saturated carbocycles. The quantitative estimate of drug-likeness (QED) is 0.790. The summed E-state index contributed by atoms with van der Waals surface area (Å²) in [6.07, 6.45) is 1.50. The molecule has 1 N–H and O–H groups in total. The smallest absolute Gasteiger partial charge is 0.287 e. The van der Waals surface area contributed by atoms with E-state index >= 15 is 0 Å². The van der Waals surface area contributed by atoms with Gasteiger partial charge in [0, 0.05) is 4.88 Å². The Kier molecular flexibility index (Phi) is 3.65. The van der Waals surface area contributed by atoms with Gasteiger partial charge in [0.2, 0.25) is 0 Å². The van der Waals surface area contributed by atoms with Crippen molar-refractivity contribution in [3.05, 3.63) is 82.4 Å². The summed E-state index contributed by atoms with van der Waals surface area (Å²) in [5.74, 6) is 0.111. The Morgan fingerprint density at radius 3 is 2.55 bits per heavy atom. The van der Waals surface area contributed by atoms with Crippen molar-refractivity contribution in [3.8, 4) is 0 Å². The first-order valence-corrected chi connectivity index (χ1v) is 7.15. The molecular weight excluding hydrogens is 270 g/mol. The van der Waals surface area contributed by atoms with Gasteiger partial charge in [0.05, 0.1) is 12.3 Å². The van der Waals surface area contributed by atoms with Gasteiger partial charge >= 0.3 is 0 Å². The van der Waals surface area contributed by atoms with Gasteiger partial charge in [-0.25, -0.2) is 0 Å². The molecule has 0 aliphatic heterocycles. The highest BCUT2D eigenvalue weighted by atomic mass is 32.1. The maximum Gasteiger partial charge on any atom is 0.287 e. The van der Waals surface area contributed by atoms with Gasteiger partial charge in [-0.1, -0.05) is 36.4 Å². The molecule has 0 unspecified atom stereocenters. The zero-order valence-electron chi connectivity index (χ0n) is 10.7. The van der Waals surface area contributed by atoms with Crippen molar-refractivity contribution in [2.45, 2.75) is 6.04 Å². The molecule has 0 fully saturated rings. The first-order chi connectivity index (χ1) is 9.84. The van der Waals surface area contributed by atoms with Gasteiger partial charge in [-0.15, -0.1) is 11.3 Å². The monoisotopic (exact) mass is 283 g/mol. The van der Waals surface area contributed by atoms with Gasteiger partial charge in [-0.05, 0) is 29.1 Å². The average Bonchev–Trinajstić information content (AvgIpc) is 3.18. The minimum atomic E-state index is -0.211. The molecule has 0 spiro atoms. The first-order valence-electron chi connectivity index (χ1n) is 6.27. The van der Waals surface area contributed by atoms with E-state index in [1.165, 1.54) is 6.26 Å². The zero-order valence-corrected chi connectivity index (χ0v) is 11.5. The van der Waals surface area contributed by atoms with Crippen LogP contribution in [0.3, 0.4) is 0 Å². The van der Waals surface area contributed by atoms with Crippen LogP contribution in [-0.2, 0) is 0 Å². The molecule has 2 heterocycles. The first kappa shape index (κ1) is 12.7. The lowest BCUT2D eigenvalue weighted by atomic mass is 10.1. The van der Waals surface area contributed by atoms with Crippen LogP contribution < -0.4 is 5.32 Å². The van der Waals surface area contributed by atoms with Crippen LogP contribution >= 0.6 is 11.3 Å². The normalized spacial score (nSPS) is 12.0. The topological polar surface area (TPSA) is 42.2 Å². The van der Waals surface area contributed by atoms with Gasteiger partial charge in [0.15, 0.2) is 5.76 Å². The molecule has 1 aromatic carbocycles. The van der Waals surface area contributed by atoms with Crippen molar-refractivity contribution in [1.82, 2.24) is 5.32 Å². The summed E-state index contributed by atoms with van der Waals surface area (Å²) in [5.41, 5.74) is 1.05. The van der Waals surface area contributed by atoms with Crippen molar-refractivity contribution in [2.75, 3.05) is 0 Å². The Balaban J connectivity index is 1.89. The second-order valence-corrected chi connectivity index (χ2v) is 5.29. The van der Waals surface area contributed by atoms with E-state index in [2.05, 4.69) is 5.32 Å². The number of thiophene rings is 1. The van der Waals surface area contributed by atoms with Crippen LogP contribution in [0.1, 0.15) is 27.0 Å². The fourth-order valence-corrected chi connectivity index (χ4v) is 2.83. The van der Waals surface area contributed by atoms with Crippen LogP contribution in [0.25, 0.3) is 0 Å². The average molecular weight is 283 g/mol. The summed E-state index contributed by atoms with van der Waals surface area (Å²) in [5, 5.41) is 5.02. The molecule has 3 nitrogen and oxygen atoms in total. The molecule has 1 atom stereocenters. The van der Waals surface area contributed by atoms with E-state index in [1.807, 2.05) is 47.8 Å². The van der Waals surface area contributed by atoms with Crippen molar-refractivity contribution in [3.63, 3.8) is 0 Å². The van der Waals surface area contributed by atoms with Gasteiger partial charge in [-0.3, -0.25) is 4.79 Å². The standard InChI is InChI=1S/C16H13NO2S/c18-16(13-8-4-10-19-13)17-15(14-9-5-11-20-14)12-6-2-1-3-7-12/h1-11,15H,(H,17,18)/t15-/m0/s1. The fraction of sp³-hybridized carbons (Fsp3) is 0.0625. The number of nitrogens with one attached hydrogen (secondary N) is 1. The molecule has 0 saturated heterocycles. The molecule has 4 heteroatoms. The minimum absolute atomic E-state index is 0.159. The van der Waals surface area contributed by atoms with Crippen LogP contribution in [-0.4, -0.2) is 5.91 Å². The summed E-state index contributed by atoms with van der Waals surface area (Å²) in [4.78, 5) is 13.3. The largest absolute Gasteiger partial charge is 0.459 e. The predicted molar refractivity (Wildman–Crippen MR) is 78.8 cm³/mol. The molecule has 3 rings (SSSR count). The highest BCUT2D eigenvalue weighted by molar-refractivity contribution is 7.10. The number of carbonyl (C=O) groups excluding carboxylic acids is 1. The summed E-state index contributed by atoms with van der Waals surface area (Å²) < 4.78 is 5.14. The number of benzene rings is 1. The van der Waals surface area contributed by atoms with Gasteiger partial charge in [0.25, 0.3) is 5.91 Å². The molecular formula is C16H13NO2S. The molecule has 0 aliphatic carbocycles. The number of amides is 1. The van der Waals surface area contributed by atoms with Gasteiger partial charge < -0.3 is 9.73 Å². The second-order valence-electron chi connectivity index (χ2n) is 4.31. The summed E-state index contributed by atoms with van der Waals surface area (Å²) >= 11 is 1.62. The molecule has 100 valence electrons. The van der Waals surface area contributed by atoms with E-state index in [0.29, 0.717) is 5.76 Å². The van der Waals surface area contributed by atoms with Crippen LogP contribution in [0.2, 0.25) is 0 Å². The van der Waals surface area contributed by atoms with E-state index in [9.17, 15) is 4.79 Å². The Morgan fingerprint density at radius 2 is 1.90 bits per heavy atom. The Morgan fingerprint density at radius 1 is 1.05 bits per heavy atom. The van der Waals surface area contributed by atoms with Gasteiger partial charge in [0.1, 0.15) is 0 Å². The summed E-state index contributed by atoms with van der Waals surface area (Å²) in [6, 6.07) is 17.1. The lowest BCUT2D eigenvalue weighted by molar-refractivity contribution is 0.0915. The second kappa shape index (κ2) is 5.75. The number of rotatable bonds is 4. The van der Waals surface area contributed by atoms with Crippen molar-refractivity contribution in [1.29, 1.82) is 0 Å². The minimum Gasteiger partial charge on any atom is -0.459 e. The maximum absolute atomic E-state index is 12.2. The number of furan rings is 1. The van der Waals surface area contributed by atoms with E-state index < -0.39 is 0 Å². The van der Waals surface area contributed by atoms with E-state index in [1.54, 1.807) is 23.5 Å². The molecule has 3 aromatic rings. The lowest BCUT2D eigenvalue weighted by Crippen LogP contribution is -2.28. The lowest BCUT2D eigenvalue weighted by Gasteiger charge is -2.17. The zero-order chi connectivity index (χ0) is 13.8. The Labute approximate surface area is 120 Å². The highest BCUT2D eigenvalue weighted by Crippen LogP contribution is 2.26. The number of hydrogen-bond acceptors (Lipinski definition) is 3. The van der Waals surface area contributed by atoms with E-state index in [4.69, 9.17) is 4.42 Å². The van der Waals surface area contributed by atoms with Crippen LogP contribution in [0, 0.1) is 0 Å². The predicted octanol–water partition coefficient (Wildman–Crippen LogP) is 3.86. The van der Waals surface area contributed by atoms with Crippen molar-refractivity contribution in [2.24, 2.45) is 0 Å². The highest BCUT2D eigenvalue weighted by Gasteiger charge is 2.19. The SMILES string of the molecule is O=C(N[C@@H](c1ccccc1)c1cccs1)c1ccco1. The fourth-order valence-electron chi connectivity index (χ4n) is 2.03. The van der Waals surface area contributed by atoms with Crippen molar-refractivity contribution < 1.29 is 9.21 Å². The van der Waals surface area contributed by atoms with Crippen LogP contribution in [0.15, 0.2) is 70.7 Å². The number of hydrogen-bond donors (Lipinski definition) is 1. The van der Waals surface area contributed by atoms with E-state index in [-0.39, 0.29) is 11.9 Å². The summed E-state index contributed by atoms with van der Waals surface area (Å²) in [7, 11) is 0. The van der Waals surface area contributed by atoms with Crippen LogP contribution in [0.4, 0.5) is 0 Å². The number of carbonyl (C=O) groups is 1. The molecule has 2 aromatic heterocycles. The molecule has 0 radical (unpaired) electrons. The van der Waals surface area contributed by atoms with Gasteiger partial charge in [-0.2, -0.15) is 0 Å². The third-order valence-electron chi connectivity index (χ3n) is 2.98. The van der Waals surface area contributed by atoms with E-state index in [0.717, 1.165) is 10.4 Å². The third kappa shape index (κ3) is 2.65. The molecule has 0 aliphatic rings. The Bertz CT molecular complexity index is 660.